The van der Waals surface area contributed by atoms with Crippen molar-refractivity contribution in [3.63, 3.8) is 0 Å². The first-order chi connectivity index (χ1) is 6.22. The third kappa shape index (κ3) is 1.73. The highest BCUT2D eigenvalue weighted by Crippen LogP contribution is 2.27. The maximum absolute atomic E-state index is 4.36. The van der Waals surface area contributed by atoms with Crippen molar-refractivity contribution in [1.82, 2.24) is 8.96 Å². The van der Waals surface area contributed by atoms with Crippen molar-refractivity contribution < 1.29 is 0 Å². The summed E-state index contributed by atoms with van der Waals surface area (Å²) in [5.41, 5.74) is 2.25. The topological polar surface area (TPSA) is 17.8 Å². The molecule has 2 aromatic heterocycles. The molecule has 0 aliphatic heterocycles. The maximum Gasteiger partial charge on any atom is 0.150 e. The van der Waals surface area contributed by atoms with E-state index in [1.54, 1.807) is 9.12 Å². The number of fused-ring (bicyclic) bond motifs is 1. The lowest BCUT2D eigenvalue weighted by molar-refractivity contribution is 1.18. The maximum atomic E-state index is 4.36. The van der Waals surface area contributed by atoms with Crippen LogP contribution in [-0.2, 0) is 0 Å². The predicted molar refractivity (Wildman–Crippen MR) is 69.2 cm³/mol. The van der Waals surface area contributed by atoms with Gasteiger partial charge >= 0.3 is 0 Å². The Labute approximate surface area is 101 Å². The van der Waals surface area contributed by atoms with E-state index in [1.165, 1.54) is 11.1 Å². The first-order valence-corrected chi connectivity index (χ1v) is 7.76. The Hall–Kier alpha value is 0.250. The second-order valence-electron chi connectivity index (χ2n) is 2.72. The highest BCUT2D eigenvalue weighted by Gasteiger charge is 2.06. The second-order valence-corrected chi connectivity index (χ2v) is 5.32. The van der Waals surface area contributed by atoms with Crippen LogP contribution >= 0.6 is 46.3 Å². The Kier molecular flexibility index (Phi) is 2.85. The molecule has 0 unspecified atom stereocenters. The van der Waals surface area contributed by atoms with Crippen LogP contribution in [0.3, 0.4) is 0 Å². The molecule has 0 N–H and O–H groups in total. The lowest BCUT2D eigenvalue weighted by Gasteiger charge is -1.98. The third-order valence-electron chi connectivity index (χ3n) is 1.81. The van der Waals surface area contributed by atoms with Gasteiger partial charge in [0.25, 0.3) is 0 Å². The van der Waals surface area contributed by atoms with Crippen molar-refractivity contribution in [2.75, 3.05) is 0 Å². The first kappa shape index (κ1) is 9.79. The van der Waals surface area contributed by atoms with Crippen LogP contribution in [0.15, 0.2) is 22.8 Å². The average Bonchev–Trinajstić information content (AvgIpc) is 2.39. The fraction of sp³-hybridized carbons (Fsp3) is 0.125. The summed E-state index contributed by atoms with van der Waals surface area (Å²) in [6, 6.07) is 4.22. The molecule has 0 atom stereocenters. The number of hydrogen-bond donors (Lipinski definition) is 0. The van der Waals surface area contributed by atoms with Crippen LogP contribution in [0.1, 0.15) is 5.69 Å². The zero-order chi connectivity index (χ0) is 9.42. The molecular formula is C8H6BrIN2S. The molecule has 2 rings (SSSR count). The summed E-state index contributed by atoms with van der Waals surface area (Å²) in [6.45, 7) is 2.08. The molecule has 0 saturated heterocycles. The molecule has 0 aromatic carbocycles. The van der Waals surface area contributed by atoms with E-state index in [2.05, 4.69) is 65.1 Å². The number of aryl methyl sites for hydroxylation is 1. The van der Waals surface area contributed by atoms with E-state index in [4.69, 9.17) is 0 Å². The van der Waals surface area contributed by atoms with E-state index >= 15 is 0 Å². The summed E-state index contributed by atoms with van der Waals surface area (Å²) in [5.74, 6) is 0. The van der Waals surface area contributed by atoms with Crippen LogP contribution in [0.2, 0.25) is 0 Å². The van der Waals surface area contributed by atoms with Crippen molar-refractivity contribution in [2.45, 2.75) is 6.92 Å². The molecule has 0 spiro atoms. The molecule has 0 aliphatic rings. The monoisotopic (exact) mass is 368 g/mol. The van der Waals surface area contributed by atoms with Crippen molar-refractivity contribution in [2.24, 2.45) is 0 Å². The summed E-state index contributed by atoms with van der Waals surface area (Å²) in [7, 11) is 1.65. The van der Waals surface area contributed by atoms with Gasteiger partial charge in [0.05, 0.1) is 0 Å². The summed E-state index contributed by atoms with van der Waals surface area (Å²) in [5, 5.41) is 1.18. The second kappa shape index (κ2) is 3.78. The van der Waals surface area contributed by atoms with Gasteiger partial charge in [0.2, 0.25) is 0 Å². The highest BCUT2D eigenvalue weighted by molar-refractivity contribution is 14.2. The molecule has 2 aromatic rings. The molecule has 0 saturated carbocycles. The van der Waals surface area contributed by atoms with E-state index in [1.807, 2.05) is 6.20 Å². The minimum Gasteiger partial charge on any atom is -0.263 e. The largest absolute Gasteiger partial charge is 0.263 e. The summed E-state index contributed by atoms with van der Waals surface area (Å²) in [6.07, 6.45) is 1.82. The quantitative estimate of drug-likeness (QED) is 0.709. The fourth-order valence-electron chi connectivity index (χ4n) is 1.26. The SMILES string of the molecule is Cc1cc2cc(Br)cnc2n1SI. The fourth-order valence-corrected chi connectivity index (χ4v) is 3.48. The smallest absolute Gasteiger partial charge is 0.150 e. The van der Waals surface area contributed by atoms with Gasteiger partial charge in [-0.3, -0.25) is 3.97 Å². The molecule has 0 aliphatic carbocycles. The molecule has 0 fully saturated rings. The van der Waals surface area contributed by atoms with Crippen LogP contribution in [-0.4, -0.2) is 8.96 Å². The number of pyridine rings is 1. The summed E-state index contributed by atoms with van der Waals surface area (Å²) >= 11 is 5.67. The Balaban J connectivity index is 2.79. The van der Waals surface area contributed by atoms with Gasteiger partial charge in [0, 0.05) is 52.1 Å². The normalized spacial score (nSPS) is 11.0. The van der Waals surface area contributed by atoms with Gasteiger partial charge < -0.3 is 0 Å². The number of hydrogen-bond acceptors (Lipinski definition) is 2. The standard InChI is InChI=1S/C8H6BrIN2S/c1-5-2-6-3-7(9)4-11-8(6)12(5)13-10/h2-4H,1H3. The van der Waals surface area contributed by atoms with Crippen LogP contribution in [0, 0.1) is 6.92 Å². The molecule has 0 bridgehead atoms. The van der Waals surface area contributed by atoms with E-state index < -0.39 is 0 Å². The van der Waals surface area contributed by atoms with Gasteiger partial charge in [0.1, 0.15) is 0 Å². The third-order valence-corrected chi connectivity index (χ3v) is 4.02. The molecule has 0 amide bonds. The molecule has 2 nitrogen and oxygen atoms in total. The number of rotatable bonds is 1. The van der Waals surface area contributed by atoms with E-state index in [0.29, 0.717) is 0 Å². The van der Waals surface area contributed by atoms with E-state index in [0.717, 1.165) is 10.1 Å². The summed E-state index contributed by atoms with van der Waals surface area (Å²) in [4.78, 5) is 4.36. The zero-order valence-electron chi connectivity index (χ0n) is 6.79. The minimum absolute atomic E-state index is 1.02. The Morgan fingerprint density at radius 2 is 2.31 bits per heavy atom. The van der Waals surface area contributed by atoms with Crippen molar-refractivity contribution >= 4 is 57.3 Å². The average molecular weight is 369 g/mol. The van der Waals surface area contributed by atoms with Crippen molar-refractivity contribution in [3.8, 4) is 0 Å². The molecular weight excluding hydrogens is 363 g/mol. The van der Waals surface area contributed by atoms with Gasteiger partial charge in [-0.05, 0) is 35.0 Å². The van der Waals surface area contributed by atoms with E-state index in [-0.39, 0.29) is 0 Å². The Morgan fingerprint density at radius 3 is 3.00 bits per heavy atom. The van der Waals surface area contributed by atoms with Crippen LogP contribution in [0.4, 0.5) is 0 Å². The molecule has 0 radical (unpaired) electrons. The Bertz CT molecular complexity index is 455. The molecule has 13 heavy (non-hydrogen) atoms. The zero-order valence-corrected chi connectivity index (χ0v) is 11.4. The lowest BCUT2D eigenvalue weighted by Crippen LogP contribution is -1.86. The predicted octanol–water partition coefficient (Wildman–Crippen LogP) is 3.95. The molecule has 2 heterocycles. The van der Waals surface area contributed by atoms with Crippen molar-refractivity contribution in [1.29, 1.82) is 0 Å². The Morgan fingerprint density at radius 1 is 1.54 bits per heavy atom. The first-order valence-electron chi connectivity index (χ1n) is 3.65. The number of aromatic nitrogens is 2. The number of nitrogens with zero attached hydrogens (tertiary/aromatic N) is 2. The lowest BCUT2D eigenvalue weighted by atomic mass is 10.3. The molecule has 68 valence electrons. The van der Waals surface area contributed by atoms with Gasteiger partial charge in [-0.25, -0.2) is 4.98 Å². The van der Waals surface area contributed by atoms with Crippen LogP contribution in [0.5, 0.6) is 0 Å². The van der Waals surface area contributed by atoms with Crippen LogP contribution in [0.25, 0.3) is 11.0 Å². The van der Waals surface area contributed by atoms with Crippen LogP contribution < -0.4 is 0 Å². The van der Waals surface area contributed by atoms with Crippen molar-refractivity contribution in [3.05, 3.63) is 28.5 Å². The van der Waals surface area contributed by atoms with Gasteiger partial charge in [-0.15, -0.1) is 0 Å². The van der Waals surface area contributed by atoms with Gasteiger partial charge in [-0.1, -0.05) is 0 Å². The van der Waals surface area contributed by atoms with E-state index in [9.17, 15) is 0 Å². The van der Waals surface area contributed by atoms with Gasteiger partial charge in [-0.2, -0.15) is 0 Å². The minimum atomic E-state index is 1.02. The highest BCUT2D eigenvalue weighted by atomic mass is 127. The molecule has 5 heteroatoms. The number of halogens is 2. The van der Waals surface area contributed by atoms with Gasteiger partial charge in [0.15, 0.2) is 5.65 Å². The summed E-state index contributed by atoms with van der Waals surface area (Å²) < 4.78 is 3.14.